The lowest BCUT2D eigenvalue weighted by Gasteiger charge is -2.23. The van der Waals surface area contributed by atoms with Gasteiger partial charge >= 0.3 is 0 Å². The van der Waals surface area contributed by atoms with Crippen LogP contribution in [0, 0.1) is 11.3 Å². The number of benzene rings is 3. The highest BCUT2D eigenvalue weighted by Gasteiger charge is 2.19. The van der Waals surface area contributed by atoms with E-state index in [1.165, 1.54) is 6.07 Å². The van der Waals surface area contributed by atoms with Crippen LogP contribution < -0.4 is 10.6 Å². The topological polar surface area (TPSA) is 80.5 Å². The number of hydrogen-bond acceptors (Lipinski definition) is 4. The third kappa shape index (κ3) is 8.12. The molecule has 0 aliphatic carbocycles. The van der Waals surface area contributed by atoms with Crippen molar-refractivity contribution in [2.75, 3.05) is 11.9 Å². The van der Waals surface area contributed by atoms with Gasteiger partial charge in [-0.3, -0.25) is 10.1 Å². The average Bonchev–Trinajstić information content (AvgIpc) is 2.89. The van der Waals surface area contributed by atoms with Gasteiger partial charge in [0.15, 0.2) is 0 Å². The molecule has 0 saturated heterocycles. The van der Waals surface area contributed by atoms with Crippen molar-refractivity contribution in [3.8, 4) is 6.07 Å². The van der Waals surface area contributed by atoms with Gasteiger partial charge in [-0.15, -0.1) is 0 Å². The molecule has 1 atom stereocenters. The van der Waals surface area contributed by atoms with Crippen molar-refractivity contribution in [1.82, 2.24) is 10.2 Å². The normalized spacial score (nSPS) is 12.0. The van der Waals surface area contributed by atoms with Crippen LogP contribution in [0.2, 0.25) is 15.1 Å². The number of nitriles is 1. The van der Waals surface area contributed by atoms with E-state index in [1.54, 1.807) is 66.9 Å². The quantitative estimate of drug-likeness (QED) is 0.225. The first-order chi connectivity index (χ1) is 17.8. The molecule has 0 heterocycles. The molecule has 6 nitrogen and oxygen atoms in total. The maximum absolute atomic E-state index is 13.1. The van der Waals surface area contributed by atoms with Crippen molar-refractivity contribution >= 4 is 52.4 Å². The van der Waals surface area contributed by atoms with Crippen molar-refractivity contribution in [3.63, 3.8) is 0 Å². The number of aliphatic imine (C=N–C) groups is 1. The second-order valence-electron chi connectivity index (χ2n) is 7.80. The summed E-state index contributed by atoms with van der Waals surface area (Å²) in [5, 5.41) is 16.7. The lowest BCUT2D eigenvalue weighted by atomic mass is 10.1. The fourth-order valence-corrected chi connectivity index (χ4v) is 4.06. The number of halogens is 3. The van der Waals surface area contributed by atoms with Crippen LogP contribution in [-0.4, -0.2) is 23.3 Å². The minimum Gasteiger partial charge on any atom is -0.353 e. The van der Waals surface area contributed by atoms with Crippen LogP contribution in [0.3, 0.4) is 0 Å². The molecule has 3 aromatic carbocycles. The molecule has 1 amide bonds. The predicted molar refractivity (Wildman–Crippen MR) is 152 cm³/mol. The SMILES string of the molecule is C=CN(/C=C\C)CC(N=C(NC(=O)c1cccc(C#N)c1)Nc1ccc(Cl)cc1)c1ccc(Cl)cc1Cl. The van der Waals surface area contributed by atoms with Crippen molar-refractivity contribution in [1.29, 1.82) is 5.26 Å². The molecule has 3 rings (SSSR count). The van der Waals surface area contributed by atoms with Crippen molar-refractivity contribution in [3.05, 3.63) is 124 Å². The maximum Gasteiger partial charge on any atom is 0.258 e. The predicted octanol–water partition coefficient (Wildman–Crippen LogP) is 7.44. The summed E-state index contributed by atoms with van der Waals surface area (Å²) in [4.78, 5) is 19.8. The molecule has 0 aromatic heterocycles. The zero-order chi connectivity index (χ0) is 26.8. The summed E-state index contributed by atoms with van der Waals surface area (Å²) < 4.78 is 0. The summed E-state index contributed by atoms with van der Waals surface area (Å²) >= 11 is 18.7. The molecule has 37 heavy (non-hydrogen) atoms. The van der Waals surface area contributed by atoms with Gasteiger partial charge in [0.2, 0.25) is 5.96 Å². The number of carbonyl (C=O) groups excluding carboxylic acids is 1. The van der Waals surface area contributed by atoms with E-state index in [1.807, 2.05) is 30.2 Å². The van der Waals surface area contributed by atoms with E-state index in [2.05, 4.69) is 17.2 Å². The van der Waals surface area contributed by atoms with Crippen LogP contribution in [0.4, 0.5) is 5.69 Å². The van der Waals surface area contributed by atoms with E-state index in [-0.39, 0.29) is 5.96 Å². The molecule has 0 bridgehead atoms. The van der Waals surface area contributed by atoms with E-state index < -0.39 is 11.9 Å². The first-order valence-electron chi connectivity index (χ1n) is 11.2. The van der Waals surface area contributed by atoms with E-state index in [9.17, 15) is 10.1 Å². The number of rotatable bonds is 8. The Bertz CT molecular complexity index is 1360. The number of carbonyl (C=O) groups is 1. The van der Waals surface area contributed by atoms with Crippen LogP contribution in [-0.2, 0) is 0 Å². The second-order valence-corrected chi connectivity index (χ2v) is 9.08. The largest absolute Gasteiger partial charge is 0.353 e. The number of hydrogen-bond donors (Lipinski definition) is 2. The molecule has 0 spiro atoms. The minimum absolute atomic E-state index is 0.176. The van der Waals surface area contributed by atoms with Gasteiger partial charge in [0.1, 0.15) is 0 Å². The monoisotopic (exact) mass is 551 g/mol. The van der Waals surface area contributed by atoms with E-state index in [4.69, 9.17) is 39.8 Å². The third-order valence-corrected chi connectivity index (χ3v) is 5.97. The van der Waals surface area contributed by atoms with Crippen molar-refractivity contribution < 1.29 is 4.79 Å². The Hall–Kier alpha value is -3.76. The summed E-state index contributed by atoms with van der Waals surface area (Å²) in [6.07, 6.45) is 5.41. The number of amides is 1. The Labute approximate surface area is 231 Å². The number of allylic oxidation sites excluding steroid dienone is 1. The Morgan fingerprint density at radius 1 is 1.11 bits per heavy atom. The molecule has 0 aliphatic heterocycles. The maximum atomic E-state index is 13.1. The number of anilines is 1. The van der Waals surface area contributed by atoms with Gasteiger partial charge < -0.3 is 10.2 Å². The van der Waals surface area contributed by atoms with Crippen LogP contribution in [0.5, 0.6) is 0 Å². The summed E-state index contributed by atoms with van der Waals surface area (Å²) in [5.41, 5.74) is 2.05. The summed E-state index contributed by atoms with van der Waals surface area (Å²) in [5.74, 6) is -0.262. The summed E-state index contributed by atoms with van der Waals surface area (Å²) in [6.45, 7) is 6.14. The number of guanidine groups is 1. The lowest BCUT2D eigenvalue weighted by Crippen LogP contribution is -2.37. The zero-order valence-electron chi connectivity index (χ0n) is 20.0. The van der Waals surface area contributed by atoms with E-state index >= 15 is 0 Å². The highest BCUT2D eigenvalue weighted by molar-refractivity contribution is 6.35. The fraction of sp³-hybridized carbons (Fsp3) is 0.107. The zero-order valence-corrected chi connectivity index (χ0v) is 22.2. The Balaban J connectivity index is 2.06. The summed E-state index contributed by atoms with van der Waals surface area (Å²) in [7, 11) is 0. The fourth-order valence-electron chi connectivity index (χ4n) is 3.40. The molecule has 1 unspecified atom stereocenters. The van der Waals surface area contributed by atoms with Gasteiger partial charge in [0.25, 0.3) is 5.91 Å². The first kappa shape index (κ1) is 27.8. The minimum atomic E-state index is -0.528. The highest BCUT2D eigenvalue weighted by Crippen LogP contribution is 2.30. The average molecular weight is 553 g/mol. The van der Waals surface area contributed by atoms with Crippen molar-refractivity contribution in [2.45, 2.75) is 13.0 Å². The highest BCUT2D eigenvalue weighted by atomic mass is 35.5. The smallest absolute Gasteiger partial charge is 0.258 e. The standard InChI is InChI=1S/C28H24Cl3N5O/c1-3-14-36(4-2)18-26(24-13-10-22(30)16-25(24)31)34-28(33-23-11-8-21(29)9-12-23)35-27(37)20-7-5-6-19(15-20)17-32/h3-16,26H,2,18H2,1H3,(H2,33,34,35,37)/b14-3-. The van der Waals surface area contributed by atoms with Gasteiger partial charge in [0.05, 0.1) is 17.7 Å². The Kier molecular flexibility index (Phi) is 10.2. The molecule has 2 N–H and O–H groups in total. The molecular weight excluding hydrogens is 529 g/mol. The first-order valence-corrected chi connectivity index (χ1v) is 12.3. The van der Waals surface area contributed by atoms with Crippen LogP contribution in [0.15, 0.2) is 96.8 Å². The molecular formula is C28H24Cl3N5O. The molecule has 0 saturated carbocycles. The third-order valence-electron chi connectivity index (χ3n) is 5.16. The van der Waals surface area contributed by atoms with Gasteiger partial charge in [-0.25, -0.2) is 4.99 Å². The number of nitrogens with one attached hydrogen (secondary N) is 2. The molecule has 188 valence electrons. The van der Waals surface area contributed by atoms with E-state index in [0.717, 1.165) is 0 Å². The molecule has 0 fully saturated rings. The molecule has 3 aromatic rings. The second kappa shape index (κ2) is 13.5. The van der Waals surface area contributed by atoms with Gasteiger partial charge in [-0.2, -0.15) is 5.26 Å². The molecule has 0 radical (unpaired) electrons. The molecule has 0 aliphatic rings. The summed E-state index contributed by atoms with van der Waals surface area (Å²) in [6, 6.07) is 20.1. The van der Waals surface area contributed by atoms with Crippen LogP contribution >= 0.6 is 34.8 Å². The Morgan fingerprint density at radius 3 is 2.49 bits per heavy atom. The molecule has 9 heteroatoms. The Morgan fingerprint density at radius 2 is 1.84 bits per heavy atom. The van der Waals surface area contributed by atoms with Crippen molar-refractivity contribution in [2.24, 2.45) is 4.99 Å². The van der Waals surface area contributed by atoms with Gasteiger partial charge in [0, 0.05) is 32.9 Å². The van der Waals surface area contributed by atoms with Gasteiger partial charge in [-0.1, -0.05) is 59.6 Å². The number of nitrogens with zero attached hydrogens (tertiary/aromatic N) is 3. The van der Waals surface area contributed by atoms with Crippen LogP contribution in [0.1, 0.15) is 34.5 Å². The van der Waals surface area contributed by atoms with Gasteiger partial charge in [-0.05, 0) is 79.5 Å². The van der Waals surface area contributed by atoms with E-state index in [0.29, 0.717) is 44.0 Å². The van der Waals surface area contributed by atoms with Crippen LogP contribution in [0.25, 0.3) is 0 Å². The lowest BCUT2D eigenvalue weighted by molar-refractivity contribution is 0.0976.